The van der Waals surface area contributed by atoms with Gasteiger partial charge in [0.1, 0.15) is 10.0 Å². The molecule has 13 rings (SSSR count). The number of nitrogens with zero attached hydrogens (tertiary/aromatic N) is 4. The molecule has 13 aromatic rings. The molecule has 0 N–H and O–H groups in total. The van der Waals surface area contributed by atoms with Crippen LogP contribution in [-0.2, 0) is 0 Å². The van der Waals surface area contributed by atoms with E-state index in [-0.39, 0.29) is 0 Å². The van der Waals surface area contributed by atoms with Gasteiger partial charge in [-0.1, -0.05) is 158 Å². The van der Waals surface area contributed by atoms with Gasteiger partial charge in [0.2, 0.25) is 0 Å². The molecular formula is C62H42N4S2. The van der Waals surface area contributed by atoms with Crippen LogP contribution in [0, 0.1) is 0 Å². The lowest BCUT2D eigenvalue weighted by Gasteiger charge is -2.23. The van der Waals surface area contributed by atoms with Crippen molar-refractivity contribution in [1.82, 2.24) is 9.13 Å². The van der Waals surface area contributed by atoms with Crippen LogP contribution in [0.1, 0.15) is 0 Å². The van der Waals surface area contributed by atoms with Crippen LogP contribution in [0.25, 0.3) is 75.9 Å². The van der Waals surface area contributed by atoms with Gasteiger partial charge in [-0.15, -0.1) is 22.7 Å². The highest BCUT2D eigenvalue weighted by Gasteiger charge is 2.25. The second-order valence-electron chi connectivity index (χ2n) is 17.0. The van der Waals surface area contributed by atoms with Crippen molar-refractivity contribution < 1.29 is 0 Å². The van der Waals surface area contributed by atoms with Crippen LogP contribution in [0.4, 0.5) is 32.8 Å². The van der Waals surface area contributed by atoms with Gasteiger partial charge in [-0.3, -0.25) is 0 Å². The molecule has 0 fully saturated rings. The van der Waals surface area contributed by atoms with E-state index < -0.39 is 0 Å². The number of rotatable bonds is 10. The molecule has 68 heavy (non-hydrogen) atoms. The fourth-order valence-corrected chi connectivity index (χ4v) is 12.2. The van der Waals surface area contributed by atoms with E-state index in [4.69, 9.17) is 0 Å². The Morgan fingerprint density at radius 1 is 0.265 bits per heavy atom. The number of aromatic nitrogens is 2. The molecule has 0 spiro atoms. The van der Waals surface area contributed by atoms with Gasteiger partial charge < -0.3 is 18.9 Å². The molecule has 0 aliphatic rings. The van der Waals surface area contributed by atoms with E-state index in [9.17, 15) is 0 Å². The Bertz CT molecular complexity index is 3520. The van der Waals surface area contributed by atoms with Gasteiger partial charge >= 0.3 is 0 Å². The second kappa shape index (κ2) is 16.8. The summed E-state index contributed by atoms with van der Waals surface area (Å²) in [5, 5.41) is 4.76. The summed E-state index contributed by atoms with van der Waals surface area (Å²) in [4.78, 5) is 4.77. The monoisotopic (exact) mass is 906 g/mol. The Morgan fingerprint density at radius 3 is 0.853 bits per heavy atom. The predicted molar refractivity (Wildman–Crippen MR) is 291 cm³/mol. The Balaban J connectivity index is 1.08. The molecule has 9 aromatic carbocycles. The highest BCUT2D eigenvalue weighted by Crippen LogP contribution is 2.50. The molecule has 4 nitrogen and oxygen atoms in total. The number of benzene rings is 9. The van der Waals surface area contributed by atoms with E-state index in [0.717, 1.165) is 44.1 Å². The van der Waals surface area contributed by atoms with E-state index in [2.05, 4.69) is 274 Å². The van der Waals surface area contributed by atoms with Crippen LogP contribution >= 0.6 is 22.7 Å². The van der Waals surface area contributed by atoms with E-state index in [1.807, 2.05) is 22.7 Å². The van der Waals surface area contributed by atoms with Gasteiger partial charge in [-0.25, -0.2) is 0 Å². The zero-order chi connectivity index (χ0) is 45.0. The molecule has 0 saturated heterocycles. The molecule has 4 heterocycles. The Kier molecular flexibility index (Phi) is 9.85. The highest BCUT2D eigenvalue weighted by atomic mass is 32.1. The normalized spacial score (nSPS) is 11.5. The van der Waals surface area contributed by atoms with Crippen LogP contribution < -0.4 is 9.80 Å². The van der Waals surface area contributed by atoms with Crippen molar-refractivity contribution in [2.75, 3.05) is 9.80 Å². The molecule has 0 aliphatic carbocycles. The number of fused-ring (bicyclic) bond motifs is 6. The maximum absolute atomic E-state index is 2.49. The Morgan fingerprint density at radius 2 is 0.544 bits per heavy atom. The lowest BCUT2D eigenvalue weighted by Crippen LogP contribution is -2.08. The van der Waals surface area contributed by atoms with Crippen molar-refractivity contribution in [3.8, 4) is 33.6 Å². The molecule has 0 saturated carbocycles. The minimum atomic E-state index is 1.12. The summed E-state index contributed by atoms with van der Waals surface area (Å²) in [6.45, 7) is 0. The van der Waals surface area contributed by atoms with Crippen molar-refractivity contribution in [2.24, 2.45) is 0 Å². The first kappa shape index (κ1) is 39.9. The van der Waals surface area contributed by atoms with Crippen LogP contribution in [0.2, 0.25) is 0 Å². The largest absolute Gasteiger partial charge is 0.308 e. The zero-order valence-electron chi connectivity index (χ0n) is 36.9. The molecule has 0 atom stereocenters. The van der Waals surface area contributed by atoms with Crippen molar-refractivity contribution in [2.45, 2.75) is 0 Å². The number of hydrogen-bond acceptors (Lipinski definition) is 4. The summed E-state index contributed by atoms with van der Waals surface area (Å²) in [6, 6.07) is 92.1. The third-order valence-electron chi connectivity index (χ3n) is 12.9. The highest BCUT2D eigenvalue weighted by molar-refractivity contribution is 7.24. The number of hydrogen-bond donors (Lipinski definition) is 0. The SMILES string of the molecule is c1ccc(-c2ccc(-n3c4cc5c6sc(N(c7ccccc7)c7ccccc7)cc6n(-c6ccc(-c7ccccc7)cc6)c5cc4c4sc(N(c5ccccc5)c5ccccc5)cc43)cc2)cc1. The Hall–Kier alpha value is -8.42. The van der Waals surface area contributed by atoms with Gasteiger partial charge in [-0.05, 0) is 119 Å². The Labute approximate surface area is 402 Å². The minimum Gasteiger partial charge on any atom is -0.308 e. The topological polar surface area (TPSA) is 16.3 Å². The third-order valence-corrected chi connectivity index (χ3v) is 15.2. The van der Waals surface area contributed by atoms with E-state index in [0.29, 0.717) is 0 Å². The summed E-state index contributed by atoms with van der Waals surface area (Å²) in [5.74, 6) is 0. The molecular weight excluding hydrogens is 865 g/mol. The fraction of sp³-hybridized carbons (Fsp3) is 0. The molecule has 0 unspecified atom stereocenters. The molecule has 322 valence electrons. The van der Waals surface area contributed by atoms with Gasteiger partial charge in [0.25, 0.3) is 0 Å². The maximum Gasteiger partial charge on any atom is 0.103 e. The third kappa shape index (κ3) is 6.89. The summed E-state index contributed by atoms with van der Waals surface area (Å²) >= 11 is 3.70. The molecule has 0 radical (unpaired) electrons. The predicted octanol–water partition coefficient (Wildman–Crippen LogP) is 18.3. The average Bonchev–Trinajstić information content (AvgIpc) is 4.17. The minimum absolute atomic E-state index is 1.12. The molecule has 6 heteroatoms. The van der Waals surface area contributed by atoms with E-state index in [1.54, 1.807) is 0 Å². The first-order chi connectivity index (χ1) is 33.7. The van der Waals surface area contributed by atoms with E-state index in [1.165, 1.54) is 64.5 Å². The lowest BCUT2D eigenvalue weighted by molar-refractivity contribution is 1.17. The molecule has 0 amide bonds. The number of thiophene rings is 2. The fourth-order valence-electron chi connectivity index (χ4n) is 9.79. The molecule has 4 aromatic heterocycles. The number of para-hydroxylation sites is 4. The van der Waals surface area contributed by atoms with Crippen LogP contribution in [-0.4, -0.2) is 9.13 Å². The van der Waals surface area contributed by atoms with Gasteiger partial charge in [0.05, 0.1) is 31.5 Å². The maximum atomic E-state index is 2.49. The van der Waals surface area contributed by atoms with Gasteiger partial charge in [-0.2, -0.15) is 0 Å². The summed E-state index contributed by atoms with van der Waals surface area (Å²) in [5.41, 5.74) is 16.3. The van der Waals surface area contributed by atoms with E-state index >= 15 is 0 Å². The van der Waals surface area contributed by atoms with Crippen molar-refractivity contribution in [3.05, 3.63) is 255 Å². The average molecular weight is 907 g/mol. The first-order valence-electron chi connectivity index (χ1n) is 22.9. The standard InChI is InChI=1S/C62H42N4S2/c1-7-19-43(20-8-1)45-31-35-51(36-32-45)65-55-39-54-56(40-53(55)61-57(65)41-59(67-61)63(47-23-11-3-12-24-47)48-25-13-4-14-26-48)66(52-37-33-46(34-38-52)44-21-9-2-10-22-44)58-42-60(68-62(54)58)64(49-27-15-5-16-28-49)50-29-17-6-18-30-50/h1-42H. The summed E-state index contributed by atoms with van der Waals surface area (Å²) < 4.78 is 7.46. The van der Waals surface area contributed by atoms with Gasteiger partial charge in [0, 0.05) is 44.9 Å². The zero-order valence-corrected chi connectivity index (χ0v) is 38.5. The van der Waals surface area contributed by atoms with Crippen molar-refractivity contribution in [1.29, 1.82) is 0 Å². The quantitative estimate of drug-likeness (QED) is 0.136. The summed E-state index contributed by atoms with van der Waals surface area (Å²) in [6.07, 6.45) is 0. The molecule has 0 aliphatic heterocycles. The van der Waals surface area contributed by atoms with Crippen molar-refractivity contribution in [3.63, 3.8) is 0 Å². The smallest absolute Gasteiger partial charge is 0.103 e. The lowest BCUT2D eigenvalue weighted by atomic mass is 10.1. The van der Waals surface area contributed by atoms with Crippen molar-refractivity contribution >= 4 is 97.7 Å². The first-order valence-corrected chi connectivity index (χ1v) is 24.5. The molecule has 0 bridgehead atoms. The summed E-state index contributed by atoms with van der Waals surface area (Å²) in [7, 11) is 0. The van der Waals surface area contributed by atoms with Crippen LogP contribution in [0.15, 0.2) is 255 Å². The second-order valence-corrected chi connectivity index (χ2v) is 19.1. The number of anilines is 6. The van der Waals surface area contributed by atoms with Crippen LogP contribution in [0.5, 0.6) is 0 Å². The van der Waals surface area contributed by atoms with Crippen LogP contribution in [0.3, 0.4) is 0 Å². The van der Waals surface area contributed by atoms with Gasteiger partial charge in [0.15, 0.2) is 0 Å².